The fraction of sp³-hybridized carbons (Fsp3) is 0.333. The molecule has 1 aliphatic rings. The lowest BCUT2D eigenvalue weighted by atomic mass is 10.0. The number of halogens is 2. The topological polar surface area (TPSA) is 124 Å². The average Bonchev–Trinajstić information content (AvgIpc) is 2.77. The van der Waals surface area contributed by atoms with Crippen molar-refractivity contribution in [2.45, 2.75) is 35.4 Å². The van der Waals surface area contributed by atoms with E-state index in [2.05, 4.69) is 0 Å². The largest absolute Gasteiger partial charge is 0.503 e. The highest BCUT2D eigenvalue weighted by Crippen LogP contribution is 2.26. The third-order valence-electron chi connectivity index (χ3n) is 5.38. The summed E-state index contributed by atoms with van der Waals surface area (Å²) < 4.78 is 52.8. The number of phenols is 1. The number of carboxylic acid groups (broad SMARTS) is 1. The standard InChI is InChI=1S/C21H22F2N2O6S/c22-16-10-13(11-17(23)19(16)26)12-18(24-21(28)29)20(27)25-8-6-15(7-9-25)32(30,31)14-4-2-1-3-5-14/h1-5,10-11,15,18,24,26H,6-9,12H2,(H,28,29)/t18-/m0/s1. The molecule has 8 nitrogen and oxygen atoms in total. The molecule has 0 bridgehead atoms. The van der Waals surface area contributed by atoms with E-state index in [4.69, 9.17) is 5.11 Å². The predicted octanol–water partition coefficient (Wildman–Crippen LogP) is 2.31. The summed E-state index contributed by atoms with van der Waals surface area (Å²) >= 11 is 0. The SMILES string of the molecule is O=C(O)N[C@@H](Cc1cc(F)c(O)c(F)c1)C(=O)N1CCC(S(=O)(=O)c2ccccc2)CC1. The number of carbonyl (C=O) groups is 2. The molecule has 1 saturated heterocycles. The van der Waals surface area contributed by atoms with Gasteiger partial charge >= 0.3 is 6.09 Å². The third kappa shape index (κ3) is 5.16. The summed E-state index contributed by atoms with van der Waals surface area (Å²) in [7, 11) is -3.57. The Morgan fingerprint density at radius 3 is 2.19 bits per heavy atom. The molecule has 11 heteroatoms. The number of sulfone groups is 1. The molecule has 0 radical (unpaired) electrons. The highest BCUT2D eigenvalue weighted by atomic mass is 32.2. The Kier molecular flexibility index (Phi) is 6.97. The van der Waals surface area contributed by atoms with Crippen LogP contribution in [0, 0.1) is 11.6 Å². The van der Waals surface area contributed by atoms with Crippen LogP contribution in [-0.4, -0.2) is 59.9 Å². The number of phenolic OH excluding ortho intramolecular Hbond substituents is 1. The number of amides is 2. The van der Waals surface area contributed by atoms with Crippen LogP contribution in [-0.2, 0) is 21.1 Å². The van der Waals surface area contributed by atoms with Crippen LogP contribution in [0.4, 0.5) is 13.6 Å². The zero-order valence-electron chi connectivity index (χ0n) is 16.9. The van der Waals surface area contributed by atoms with Gasteiger partial charge in [0.2, 0.25) is 5.91 Å². The molecule has 2 aromatic carbocycles. The maximum atomic E-state index is 13.6. The fourth-order valence-electron chi connectivity index (χ4n) is 3.73. The molecule has 0 aromatic heterocycles. The van der Waals surface area contributed by atoms with Crippen molar-refractivity contribution in [3.63, 3.8) is 0 Å². The van der Waals surface area contributed by atoms with E-state index in [1.165, 1.54) is 17.0 Å². The molecule has 2 aromatic rings. The number of carbonyl (C=O) groups excluding carboxylic acids is 1. The van der Waals surface area contributed by atoms with Crippen LogP contribution in [0.2, 0.25) is 0 Å². The van der Waals surface area contributed by atoms with Gasteiger partial charge in [0.15, 0.2) is 27.2 Å². The molecular formula is C21H22F2N2O6S. The van der Waals surface area contributed by atoms with Gasteiger partial charge in [0, 0.05) is 19.5 Å². The summed E-state index contributed by atoms with van der Waals surface area (Å²) in [5.41, 5.74) is -0.0218. The van der Waals surface area contributed by atoms with Gasteiger partial charge in [-0.15, -0.1) is 0 Å². The minimum absolute atomic E-state index is 0.0218. The van der Waals surface area contributed by atoms with E-state index in [-0.39, 0.29) is 42.8 Å². The van der Waals surface area contributed by atoms with Crippen molar-refractivity contribution >= 4 is 21.8 Å². The maximum Gasteiger partial charge on any atom is 0.405 e. The lowest BCUT2D eigenvalue weighted by Gasteiger charge is -2.34. The number of likely N-dealkylation sites (tertiary alicyclic amines) is 1. The average molecular weight is 468 g/mol. The first-order valence-electron chi connectivity index (χ1n) is 9.83. The van der Waals surface area contributed by atoms with Crippen molar-refractivity contribution in [2.75, 3.05) is 13.1 Å². The summed E-state index contributed by atoms with van der Waals surface area (Å²) in [5.74, 6) is -4.25. The van der Waals surface area contributed by atoms with Crippen LogP contribution in [0.3, 0.4) is 0 Å². The van der Waals surface area contributed by atoms with E-state index in [1.807, 2.05) is 5.32 Å². The van der Waals surface area contributed by atoms with Gasteiger partial charge in [-0.25, -0.2) is 22.0 Å². The second kappa shape index (κ2) is 9.51. The zero-order chi connectivity index (χ0) is 23.5. The number of benzene rings is 2. The highest BCUT2D eigenvalue weighted by molar-refractivity contribution is 7.92. The van der Waals surface area contributed by atoms with Crippen LogP contribution in [0.1, 0.15) is 18.4 Å². The van der Waals surface area contributed by atoms with E-state index in [0.717, 1.165) is 12.1 Å². The highest BCUT2D eigenvalue weighted by Gasteiger charge is 2.35. The van der Waals surface area contributed by atoms with Gasteiger partial charge in [0.25, 0.3) is 0 Å². The van der Waals surface area contributed by atoms with Crippen molar-refractivity contribution in [1.29, 1.82) is 0 Å². The number of hydrogen-bond donors (Lipinski definition) is 3. The Bertz CT molecular complexity index is 1080. The summed E-state index contributed by atoms with van der Waals surface area (Å²) in [4.78, 5) is 25.6. The summed E-state index contributed by atoms with van der Waals surface area (Å²) in [6.07, 6.45) is -1.50. The van der Waals surface area contributed by atoms with Crippen molar-refractivity contribution < 1.29 is 37.0 Å². The van der Waals surface area contributed by atoms with Crippen LogP contribution in [0.25, 0.3) is 0 Å². The molecule has 1 atom stereocenters. The van der Waals surface area contributed by atoms with E-state index in [0.29, 0.717) is 0 Å². The first-order chi connectivity index (χ1) is 15.1. The van der Waals surface area contributed by atoms with Gasteiger partial charge in [-0.3, -0.25) is 4.79 Å². The van der Waals surface area contributed by atoms with Crippen LogP contribution in [0.15, 0.2) is 47.4 Å². The molecule has 1 heterocycles. The Morgan fingerprint density at radius 1 is 1.09 bits per heavy atom. The number of rotatable bonds is 6. The van der Waals surface area contributed by atoms with E-state index in [1.54, 1.807) is 18.2 Å². The zero-order valence-corrected chi connectivity index (χ0v) is 17.7. The van der Waals surface area contributed by atoms with E-state index in [9.17, 15) is 31.9 Å². The van der Waals surface area contributed by atoms with Gasteiger partial charge < -0.3 is 20.4 Å². The summed E-state index contributed by atoms with van der Waals surface area (Å²) in [5, 5.41) is 19.7. The molecule has 32 heavy (non-hydrogen) atoms. The Hall–Kier alpha value is -3.21. The van der Waals surface area contributed by atoms with Gasteiger partial charge in [-0.2, -0.15) is 0 Å². The molecule has 1 aliphatic heterocycles. The smallest absolute Gasteiger partial charge is 0.405 e. The number of piperidine rings is 1. The lowest BCUT2D eigenvalue weighted by Crippen LogP contribution is -2.52. The van der Waals surface area contributed by atoms with Gasteiger partial charge in [-0.05, 0) is 42.7 Å². The van der Waals surface area contributed by atoms with Crippen molar-refractivity contribution in [2.24, 2.45) is 0 Å². The minimum Gasteiger partial charge on any atom is -0.503 e. The van der Waals surface area contributed by atoms with Gasteiger partial charge in [0.05, 0.1) is 10.1 Å². The predicted molar refractivity (Wildman–Crippen MR) is 110 cm³/mol. The molecular weight excluding hydrogens is 446 g/mol. The molecule has 0 spiro atoms. The lowest BCUT2D eigenvalue weighted by molar-refractivity contribution is -0.134. The van der Waals surface area contributed by atoms with E-state index < -0.39 is 50.5 Å². The van der Waals surface area contributed by atoms with Crippen LogP contribution < -0.4 is 5.32 Å². The number of nitrogens with one attached hydrogen (secondary N) is 1. The molecule has 2 amide bonds. The molecule has 0 saturated carbocycles. The number of aromatic hydroxyl groups is 1. The van der Waals surface area contributed by atoms with Crippen molar-refractivity contribution in [3.8, 4) is 5.75 Å². The van der Waals surface area contributed by atoms with Gasteiger partial charge in [-0.1, -0.05) is 18.2 Å². The molecule has 0 aliphatic carbocycles. The third-order valence-corrected chi connectivity index (χ3v) is 7.65. The Morgan fingerprint density at radius 2 is 1.66 bits per heavy atom. The monoisotopic (exact) mass is 468 g/mol. The Labute approximate surface area is 183 Å². The quantitative estimate of drug-likeness (QED) is 0.598. The first-order valence-corrected chi connectivity index (χ1v) is 11.4. The first kappa shape index (κ1) is 23.5. The van der Waals surface area contributed by atoms with Crippen molar-refractivity contribution in [3.05, 3.63) is 59.7 Å². The number of nitrogens with zero attached hydrogens (tertiary/aromatic N) is 1. The molecule has 3 N–H and O–H groups in total. The molecule has 1 fully saturated rings. The summed E-state index contributed by atoms with van der Waals surface area (Å²) in [6, 6.07) is 8.29. The fourth-order valence-corrected chi connectivity index (χ4v) is 5.48. The maximum absolute atomic E-state index is 13.6. The minimum atomic E-state index is -3.57. The number of hydrogen-bond acceptors (Lipinski definition) is 5. The molecule has 0 unspecified atom stereocenters. The van der Waals surface area contributed by atoms with E-state index >= 15 is 0 Å². The molecule has 3 rings (SSSR count). The van der Waals surface area contributed by atoms with Crippen LogP contribution >= 0.6 is 0 Å². The van der Waals surface area contributed by atoms with Crippen LogP contribution in [0.5, 0.6) is 5.75 Å². The second-order valence-corrected chi connectivity index (χ2v) is 9.73. The van der Waals surface area contributed by atoms with Gasteiger partial charge in [0.1, 0.15) is 6.04 Å². The Balaban J connectivity index is 1.71. The second-order valence-electron chi connectivity index (χ2n) is 7.50. The molecule has 172 valence electrons. The van der Waals surface area contributed by atoms with Crippen molar-refractivity contribution in [1.82, 2.24) is 10.2 Å². The normalized spacial score (nSPS) is 15.9. The summed E-state index contributed by atoms with van der Waals surface area (Å²) in [6.45, 7) is 0.178.